The van der Waals surface area contributed by atoms with Gasteiger partial charge in [0.15, 0.2) is 11.6 Å². The first-order valence-electron chi connectivity index (χ1n) is 32.6. The number of carbonyl (C=O) groups is 6. The summed E-state index contributed by atoms with van der Waals surface area (Å²) in [6.45, 7) is 7.27. The van der Waals surface area contributed by atoms with Gasteiger partial charge in [0.05, 0.1) is 34.3 Å². The third-order valence-corrected chi connectivity index (χ3v) is 19.0. The van der Waals surface area contributed by atoms with Gasteiger partial charge < -0.3 is 54.8 Å². The predicted octanol–water partition coefficient (Wildman–Crippen LogP) is 13.2. The highest BCUT2D eigenvalue weighted by molar-refractivity contribution is 7.86. The molecule has 0 atom stereocenters. The van der Waals surface area contributed by atoms with Gasteiger partial charge in [0.1, 0.15) is 33.3 Å². The van der Waals surface area contributed by atoms with Gasteiger partial charge in [-0.05, 0) is 147 Å². The smallest absolute Gasteiger partial charge is 0.414 e. The van der Waals surface area contributed by atoms with E-state index in [9.17, 15) is 79.5 Å². The lowest BCUT2D eigenvalue weighted by Gasteiger charge is -2.25. The molecule has 106 heavy (non-hydrogen) atoms. The van der Waals surface area contributed by atoms with E-state index < -0.39 is 95.4 Å². The third kappa shape index (κ3) is 14.6. The minimum Gasteiger partial charge on any atom is -0.461 e. The van der Waals surface area contributed by atoms with Gasteiger partial charge in [-0.15, -0.1) is 0 Å². The molecule has 4 aliphatic heterocycles. The molecule has 0 unspecified atom stereocenters. The molecule has 0 fully saturated rings. The number of amides is 4. The second-order valence-corrected chi connectivity index (χ2v) is 27.2. The van der Waals surface area contributed by atoms with Crippen molar-refractivity contribution in [2.24, 2.45) is 5.73 Å². The van der Waals surface area contributed by atoms with Gasteiger partial charge in [0, 0.05) is 125 Å². The van der Waals surface area contributed by atoms with Gasteiger partial charge >= 0.3 is 30.0 Å². The van der Waals surface area contributed by atoms with E-state index in [4.69, 9.17) is 19.9 Å². The number of rotatable bonds is 14. The lowest BCUT2D eigenvalue weighted by molar-refractivity contribution is -0.385. The molecule has 4 aliphatic rings. The molecule has 4 aromatic heterocycles. The number of nitrogens with zero attached hydrogens (tertiary/aromatic N) is 5. The fourth-order valence-electron chi connectivity index (χ4n) is 13.2. The largest absolute Gasteiger partial charge is 0.461 e. The molecule has 11 aromatic rings. The molecular weight excluding hydrogens is 1410 g/mol. The summed E-state index contributed by atoms with van der Waals surface area (Å²) in [6.07, 6.45) is 2.52. The summed E-state index contributed by atoms with van der Waals surface area (Å²) in [7, 11) is -4.77. The van der Waals surface area contributed by atoms with Crippen molar-refractivity contribution in [2.45, 2.75) is 77.2 Å². The maximum absolute atomic E-state index is 14.0. The third-order valence-electron chi connectivity index (χ3n) is 18.1. The number of primary amides is 1. The first-order valence-corrected chi connectivity index (χ1v) is 34.0. The van der Waals surface area contributed by atoms with E-state index in [0.717, 1.165) is 57.2 Å². The summed E-state index contributed by atoms with van der Waals surface area (Å²) in [6, 6.07) is 30.0. The fourth-order valence-corrected chi connectivity index (χ4v) is 13.9. The molecule has 4 amide bonds. The molecule has 15 rings (SSSR count). The van der Waals surface area contributed by atoms with Crippen molar-refractivity contribution in [1.82, 2.24) is 19.9 Å². The number of hydrogen-bond donors (Lipinski definition) is 7. The molecule has 0 saturated heterocycles. The minimum atomic E-state index is -4.77. The Bertz CT molecular complexity index is 5550. The number of halogens is 4. The van der Waals surface area contributed by atoms with E-state index in [2.05, 4.69) is 30.0 Å². The Hall–Kier alpha value is -12.7. The van der Waals surface area contributed by atoms with Crippen LogP contribution in [-0.2, 0) is 62.9 Å². The Morgan fingerprint density at radius 2 is 1.01 bits per heavy atom. The number of anilines is 4. The SMILES string of the molecule is C.CC(C)(C)OC(=O)N1CCc2c1cc(S(=O)(=O)O)c1[nH]c(C(=O)N3CCc4c3ccc3[nH]c(C(=O)OCCc5ccc([N+](=O)[O-])cc5)cc43)cc21.NC(=O)N1CCc2c1ccc1[nH]c(C(=O)Oc3c(F)c(F)cc(F)c3F)cc21.O=C(OCCc1ccc([N+](=O)[O-])cc1)c1cc2c3c(ccc2[nH]1)NCC3. The minimum absolute atomic E-state index is 0. The van der Waals surface area contributed by atoms with Crippen molar-refractivity contribution >= 4 is 124 Å². The van der Waals surface area contributed by atoms with Crippen LogP contribution in [0.5, 0.6) is 5.75 Å². The molecule has 7 aromatic carbocycles. The average molecular weight is 1480 g/mol. The van der Waals surface area contributed by atoms with Gasteiger partial charge in [-0.1, -0.05) is 31.7 Å². The number of nitro benzene ring substituents is 2. The number of nitro groups is 2. The Balaban J connectivity index is 0.000000162. The number of nitrogens with one attached hydrogen (secondary N) is 5. The van der Waals surface area contributed by atoms with E-state index >= 15 is 0 Å². The van der Waals surface area contributed by atoms with E-state index in [0.29, 0.717) is 89.6 Å². The Morgan fingerprint density at radius 3 is 1.50 bits per heavy atom. The number of nitrogens with two attached hydrogens (primary N) is 1. The van der Waals surface area contributed by atoms with Gasteiger partial charge in [0.2, 0.25) is 17.4 Å². The van der Waals surface area contributed by atoms with Crippen LogP contribution in [0, 0.1) is 43.5 Å². The molecule has 0 aliphatic carbocycles. The lowest BCUT2D eigenvalue weighted by atomic mass is 10.1. The molecule has 0 spiro atoms. The highest BCUT2D eigenvalue weighted by Crippen LogP contribution is 2.42. The molecule has 0 saturated carbocycles. The number of esters is 3. The number of ether oxygens (including phenoxy) is 4. The van der Waals surface area contributed by atoms with Crippen molar-refractivity contribution in [1.29, 1.82) is 0 Å². The Kier molecular flexibility index (Phi) is 19.9. The molecule has 0 radical (unpaired) electrons. The summed E-state index contributed by atoms with van der Waals surface area (Å²) in [4.78, 5) is 112. The first-order chi connectivity index (χ1) is 50.0. The Labute approximate surface area is 598 Å². The number of benzene rings is 7. The summed E-state index contributed by atoms with van der Waals surface area (Å²) >= 11 is 0. The van der Waals surface area contributed by atoms with Crippen LogP contribution in [0.15, 0.2) is 126 Å². The zero-order valence-corrected chi connectivity index (χ0v) is 56.6. The summed E-state index contributed by atoms with van der Waals surface area (Å²) in [5.74, 6) is -11.1. The highest BCUT2D eigenvalue weighted by atomic mass is 32.2. The number of urea groups is 1. The summed E-state index contributed by atoms with van der Waals surface area (Å²) in [5, 5.41) is 27.6. The van der Waals surface area contributed by atoms with Crippen molar-refractivity contribution in [2.75, 3.05) is 59.4 Å². The lowest BCUT2D eigenvalue weighted by Crippen LogP contribution is -2.35. The molecule has 33 heteroatoms. The second kappa shape index (κ2) is 28.9. The van der Waals surface area contributed by atoms with Gasteiger partial charge in [0.25, 0.3) is 27.4 Å². The van der Waals surface area contributed by atoms with Crippen LogP contribution >= 0.6 is 0 Å². The second-order valence-electron chi connectivity index (χ2n) is 25.8. The van der Waals surface area contributed by atoms with E-state index in [-0.39, 0.29) is 72.9 Å². The van der Waals surface area contributed by atoms with Crippen molar-refractivity contribution in [3.63, 3.8) is 0 Å². The summed E-state index contributed by atoms with van der Waals surface area (Å²) in [5.41, 5.74) is 15.0. The molecule has 8 heterocycles. The molecule has 28 nitrogen and oxygen atoms in total. The Morgan fingerprint density at radius 1 is 0.557 bits per heavy atom. The predicted molar refractivity (Wildman–Crippen MR) is 381 cm³/mol. The number of H-pyrrole nitrogens is 4. The maximum Gasteiger partial charge on any atom is 0.414 e. The molecule has 0 bridgehead atoms. The van der Waals surface area contributed by atoms with E-state index in [1.165, 1.54) is 51.8 Å². The highest BCUT2D eigenvalue weighted by Gasteiger charge is 2.36. The number of carbonyl (C=O) groups excluding carboxylic acids is 6. The topological polar surface area (TPSA) is 391 Å². The number of aromatic amines is 4. The number of fused-ring (bicyclic) bond motifs is 12. The van der Waals surface area contributed by atoms with Crippen LogP contribution in [0.1, 0.15) is 104 Å². The normalized spacial score (nSPS) is 13.4. The van der Waals surface area contributed by atoms with Crippen molar-refractivity contribution in [3.05, 3.63) is 221 Å². The molecule has 8 N–H and O–H groups in total. The zero-order valence-electron chi connectivity index (χ0n) is 55.7. The van der Waals surface area contributed by atoms with Crippen LogP contribution in [0.25, 0.3) is 43.6 Å². The summed E-state index contributed by atoms with van der Waals surface area (Å²) < 4.78 is 110. The standard InChI is InChI=1S/C35H33N5O10S.C19H17N3O4.C18H11F4N3O3.CH4/c1-35(2,3)50-34(43)39-14-11-22-24-17-26(37-31(24)30(18-29(22)39)51(46,47)48)32(41)38-13-10-21-23-16-27(36-25(23)8-9-28(21)38)33(42)49-15-12-19-4-6-20(7-5-19)40(44)45;23-19(26-10-8-12-1-3-13(4-2-12)22(24)25)18-11-15-14-7-9-20-16(14)5-6-17(15)21-18;19-9-6-10(20)15(22)16(14(9)21)28-17(26)12-5-8-7-3-4-25(18(23)27)13(7)2-1-11(8)24-12;/h4-9,16-18,36-37H,10-15H2,1-3H3,(H,46,47,48);1-6,11,20-21H,7-10H2;1-2,5-6,24H,3-4H2,(H2,23,27);1H4. The van der Waals surface area contributed by atoms with Gasteiger partial charge in [-0.25, -0.2) is 32.8 Å². The van der Waals surface area contributed by atoms with E-state index in [1.54, 1.807) is 86.3 Å². The van der Waals surface area contributed by atoms with E-state index in [1.807, 2.05) is 18.2 Å². The van der Waals surface area contributed by atoms with Crippen LogP contribution < -0.4 is 30.5 Å². The molecule has 548 valence electrons. The van der Waals surface area contributed by atoms with Crippen LogP contribution in [0.2, 0.25) is 0 Å². The average Bonchev–Trinajstić information content (AvgIpc) is 1.58. The number of aromatic nitrogens is 4. The molecular formula is C73H65F4N11O17S. The fraction of sp³-hybridized carbons (Fsp3) is 0.233. The van der Waals surface area contributed by atoms with Gasteiger partial charge in [-0.2, -0.15) is 17.2 Å². The monoisotopic (exact) mass is 1480 g/mol. The van der Waals surface area contributed by atoms with Crippen LogP contribution in [-0.4, -0.2) is 124 Å². The zero-order chi connectivity index (χ0) is 74.7. The van der Waals surface area contributed by atoms with Gasteiger partial charge in [-0.3, -0.25) is 39.4 Å². The van der Waals surface area contributed by atoms with Crippen LogP contribution in [0.4, 0.5) is 61.3 Å². The maximum atomic E-state index is 14.0. The van der Waals surface area contributed by atoms with Crippen molar-refractivity contribution < 1.29 is 88.1 Å². The number of hydrogen-bond acceptors (Lipinski definition) is 17. The first kappa shape index (κ1) is 73.1. The number of non-ortho nitro benzene ring substituents is 2. The quantitative estimate of drug-likeness (QED) is 0.00777. The van der Waals surface area contributed by atoms with Crippen LogP contribution in [0.3, 0.4) is 0 Å². The van der Waals surface area contributed by atoms with Crippen molar-refractivity contribution in [3.8, 4) is 5.75 Å².